The molecule has 0 radical (unpaired) electrons. The van der Waals surface area contributed by atoms with Crippen molar-refractivity contribution in [1.82, 2.24) is 29.5 Å². The van der Waals surface area contributed by atoms with Crippen LogP contribution in [0.5, 0.6) is 0 Å². The number of fused-ring (bicyclic) bond motifs is 1. The Morgan fingerprint density at radius 1 is 1.19 bits per heavy atom. The van der Waals surface area contributed by atoms with Gasteiger partial charge in [0.05, 0.1) is 12.1 Å². The average molecular weight is 366 g/mol. The quantitative estimate of drug-likeness (QED) is 0.747. The molecule has 1 fully saturated rings. The van der Waals surface area contributed by atoms with E-state index in [1.54, 1.807) is 28.0 Å². The number of rotatable bonds is 4. The van der Waals surface area contributed by atoms with E-state index in [2.05, 4.69) is 20.0 Å². The number of nitrogens with one attached hydrogen (secondary N) is 1. The normalized spacial score (nSPS) is 15.4. The van der Waals surface area contributed by atoms with Crippen LogP contribution >= 0.6 is 0 Å². The van der Waals surface area contributed by atoms with Crippen molar-refractivity contribution in [1.29, 1.82) is 0 Å². The van der Waals surface area contributed by atoms with E-state index in [0.29, 0.717) is 25.0 Å². The van der Waals surface area contributed by atoms with Gasteiger partial charge in [0.1, 0.15) is 5.82 Å². The maximum absolute atomic E-state index is 13.0. The molecule has 1 aliphatic rings. The summed E-state index contributed by atoms with van der Waals surface area (Å²) in [5.74, 6) is 0.627. The molecule has 1 amide bonds. The molecule has 0 saturated carbocycles. The lowest BCUT2D eigenvalue weighted by Gasteiger charge is -2.34. The summed E-state index contributed by atoms with van der Waals surface area (Å²) in [7, 11) is 0. The summed E-state index contributed by atoms with van der Waals surface area (Å²) in [6.45, 7) is 5.89. The Hall–Kier alpha value is -3.00. The minimum absolute atomic E-state index is 0.00929. The summed E-state index contributed by atoms with van der Waals surface area (Å²) in [6, 6.07) is 7.29. The number of carbonyl (C=O) groups excluding carboxylic acids is 1. The third kappa shape index (κ3) is 3.35. The van der Waals surface area contributed by atoms with Crippen LogP contribution in [0.15, 0.2) is 41.5 Å². The van der Waals surface area contributed by atoms with E-state index < -0.39 is 0 Å². The molecule has 8 nitrogen and oxygen atoms in total. The molecule has 0 aliphatic carbocycles. The molecule has 3 aromatic rings. The maximum atomic E-state index is 13.0. The molecule has 0 bridgehead atoms. The van der Waals surface area contributed by atoms with Gasteiger partial charge >= 0.3 is 0 Å². The van der Waals surface area contributed by atoms with E-state index >= 15 is 0 Å². The molecule has 140 valence electrons. The molecule has 1 aliphatic heterocycles. The fourth-order valence-electron chi connectivity index (χ4n) is 3.47. The number of aromatic nitrogens is 4. The van der Waals surface area contributed by atoms with Gasteiger partial charge in [-0.1, -0.05) is 12.1 Å². The van der Waals surface area contributed by atoms with Gasteiger partial charge in [-0.15, -0.1) is 0 Å². The molecule has 1 N–H and O–H groups in total. The Kier molecular flexibility index (Phi) is 4.72. The molecule has 4 rings (SSSR count). The molecule has 2 aromatic heterocycles. The predicted molar refractivity (Wildman–Crippen MR) is 101 cm³/mol. The Balaban J connectivity index is 1.53. The summed E-state index contributed by atoms with van der Waals surface area (Å²) in [5, 5.41) is 4.89. The van der Waals surface area contributed by atoms with Crippen molar-refractivity contribution in [2.24, 2.45) is 0 Å². The first kappa shape index (κ1) is 17.4. The highest BCUT2D eigenvalue weighted by Gasteiger charge is 2.26. The fourth-order valence-corrected chi connectivity index (χ4v) is 3.47. The van der Waals surface area contributed by atoms with E-state index in [0.717, 1.165) is 31.0 Å². The van der Waals surface area contributed by atoms with Crippen molar-refractivity contribution in [3.8, 4) is 0 Å². The Labute approximate surface area is 156 Å². The zero-order valence-corrected chi connectivity index (χ0v) is 15.3. The minimum Gasteiger partial charge on any atom is -0.348 e. The van der Waals surface area contributed by atoms with Crippen LogP contribution in [-0.2, 0) is 13.1 Å². The molecule has 0 spiro atoms. The summed E-state index contributed by atoms with van der Waals surface area (Å²) < 4.78 is 1.72. The standard InChI is InChI=1S/C19H22N6O2/c1-2-25-15-6-4-3-5-14(15)18(26)17(22-25)19(27)24-11-9-23(10-12-24)13-16-20-7-8-21-16/h3-8H,2,9-13H2,1H3,(H,20,21). The van der Waals surface area contributed by atoms with E-state index in [1.165, 1.54) is 0 Å². The Morgan fingerprint density at radius 3 is 2.67 bits per heavy atom. The van der Waals surface area contributed by atoms with Crippen LogP contribution in [0.25, 0.3) is 10.9 Å². The minimum atomic E-state index is -0.293. The van der Waals surface area contributed by atoms with Gasteiger partial charge in [-0.05, 0) is 19.1 Å². The molecular weight excluding hydrogens is 344 g/mol. The summed E-state index contributed by atoms with van der Waals surface area (Å²) >= 11 is 0. The number of carbonyl (C=O) groups is 1. The molecule has 1 saturated heterocycles. The maximum Gasteiger partial charge on any atom is 0.278 e. The topological polar surface area (TPSA) is 87.1 Å². The smallest absolute Gasteiger partial charge is 0.278 e. The van der Waals surface area contributed by atoms with E-state index in [1.807, 2.05) is 25.1 Å². The second kappa shape index (κ2) is 7.32. The SMILES string of the molecule is CCn1nc(C(=O)N2CCN(Cc3ncc[nH]3)CC2)c(=O)c2ccccc21. The van der Waals surface area contributed by atoms with Crippen LogP contribution in [0, 0.1) is 0 Å². The first-order valence-electron chi connectivity index (χ1n) is 9.17. The van der Waals surface area contributed by atoms with E-state index in [9.17, 15) is 9.59 Å². The van der Waals surface area contributed by atoms with Crippen LogP contribution < -0.4 is 5.43 Å². The molecule has 3 heterocycles. The number of benzene rings is 1. The number of piperazine rings is 1. The Morgan fingerprint density at radius 2 is 1.96 bits per heavy atom. The lowest BCUT2D eigenvalue weighted by Crippen LogP contribution is -2.49. The van der Waals surface area contributed by atoms with Crippen molar-refractivity contribution in [3.63, 3.8) is 0 Å². The number of H-pyrrole nitrogens is 1. The van der Waals surface area contributed by atoms with Crippen molar-refractivity contribution in [2.45, 2.75) is 20.0 Å². The van der Waals surface area contributed by atoms with Crippen LogP contribution in [0.2, 0.25) is 0 Å². The van der Waals surface area contributed by atoms with Gasteiger partial charge in [-0.25, -0.2) is 4.98 Å². The van der Waals surface area contributed by atoms with Crippen molar-refractivity contribution in [3.05, 3.63) is 58.4 Å². The van der Waals surface area contributed by atoms with Crippen LogP contribution in [0.3, 0.4) is 0 Å². The monoisotopic (exact) mass is 366 g/mol. The molecule has 1 aromatic carbocycles. The van der Waals surface area contributed by atoms with Crippen molar-refractivity contribution >= 4 is 16.8 Å². The van der Waals surface area contributed by atoms with Gasteiger partial charge in [0.15, 0.2) is 5.69 Å². The van der Waals surface area contributed by atoms with Gasteiger partial charge in [0.2, 0.25) is 5.43 Å². The number of aromatic amines is 1. The third-order valence-electron chi connectivity index (χ3n) is 4.95. The molecule has 27 heavy (non-hydrogen) atoms. The average Bonchev–Trinajstić information content (AvgIpc) is 3.22. The van der Waals surface area contributed by atoms with Gasteiger partial charge in [-0.3, -0.25) is 19.2 Å². The summed E-state index contributed by atoms with van der Waals surface area (Å²) in [5.41, 5.74) is 0.471. The largest absolute Gasteiger partial charge is 0.348 e. The van der Waals surface area contributed by atoms with Crippen LogP contribution in [-0.4, -0.2) is 61.6 Å². The lowest BCUT2D eigenvalue weighted by atomic mass is 10.1. The van der Waals surface area contributed by atoms with Gasteiger partial charge in [0.25, 0.3) is 5.91 Å². The summed E-state index contributed by atoms with van der Waals surface area (Å²) in [6.07, 6.45) is 3.54. The number of aryl methyl sites for hydroxylation is 1. The Bertz CT molecular complexity index is 1000. The zero-order valence-electron chi connectivity index (χ0n) is 15.3. The number of nitrogens with zero attached hydrogens (tertiary/aromatic N) is 5. The highest BCUT2D eigenvalue weighted by Crippen LogP contribution is 2.12. The number of hydrogen-bond acceptors (Lipinski definition) is 5. The second-order valence-corrected chi connectivity index (χ2v) is 6.61. The number of imidazole rings is 1. The number of amides is 1. The lowest BCUT2D eigenvalue weighted by molar-refractivity contribution is 0.0616. The van der Waals surface area contributed by atoms with Crippen LogP contribution in [0.4, 0.5) is 0 Å². The fraction of sp³-hybridized carbons (Fsp3) is 0.368. The molecule has 8 heteroatoms. The van der Waals surface area contributed by atoms with Gasteiger partial charge in [0, 0.05) is 50.5 Å². The van der Waals surface area contributed by atoms with Crippen molar-refractivity contribution in [2.75, 3.05) is 26.2 Å². The van der Waals surface area contributed by atoms with E-state index in [4.69, 9.17) is 0 Å². The van der Waals surface area contributed by atoms with Gasteiger partial charge in [-0.2, -0.15) is 5.10 Å². The summed E-state index contributed by atoms with van der Waals surface area (Å²) in [4.78, 5) is 37.1. The number of hydrogen-bond donors (Lipinski definition) is 1. The first-order valence-corrected chi connectivity index (χ1v) is 9.17. The van der Waals surface area contributed by atoms with E-state index in [-0.39, 0.29) is 17.0 Å². The highest BCUT2D eigenvalue weighted by molar-refractivity contribution is 5.95. The number of para-hydroxylation sites is 1. The third-order valence-corrected chi connectivity index (χ3v) is 4.95. The van der Waals surface area contributed by atoms with Gasteiger partial charge < -0.3 is 9.88 Å². The second-order valence-electron chi connectivity index (χ2n) is 6.61. The molecule has 0 atom stereocenters. The predicted octanol–water partition coefficient (Wildman–Crippen LogP) is 1.10. The van der Waals surface area contributed by atoms with Crippen molar-refractivity contribution < 1.29 is 4.79 Å². The zero-order chi connectivity index (χ0) is 18.8. The first-order chi connectivity index (χ1) is 13.2. The molecule has 0 unspecified atom stereocenters. The molecular formula is C19H22N6O2. The van der Waals surface area contributed by atoms with Crippen LogP contribution in [0.1, 0.15) is 23.2 Å². The highest BCUT2D eigenvalue weighted by atomic mass is 16.2.